The van der Waals surface area contributed by atoms with Crippen LogP contribution in [0.4, 0.5) is 0 Å². The fraction of sp³-hybridized carbons (Fsp3) is 0.0769. The molecule has 2 aromatic heterocycles. The largest absolute Gasteiger partial charge is 0.507 e. The third-order valence-electron chi connectivity index (χ3n) is 2.70. The van der Waals surface area contributed by atoms with Crippen LogP contribution in [-0.2, 0) is 0 Å². The Morgan fingerprint density at radius 1 is 1.06 bits per heavy atom. The van der Waals surface area contributed by atoms with Crippen molar-refractivity contribution in [2.24, 2.45) is 0 Å². The summed E-state index contributed by atoms with van der Waals surface area (Å²) in [6.45, 7) is 2.01. The summed E-state index contributed by atoms with van der Waals surface area (Å²) in [7, 11) is 0. The van der Waals surface area contributed by atoms with Gasteiger partial charge in [0.2, 0.25) is 0 Å². The molecule has 1 N–H and O–H groups in total. The fourth-order valence-corrected chi connectivity index (χ4v) is 1.84. The van der Waals surface area contributed by atoms with Crippen molar-refractivity contribution < 1.29 is 5.11 Å². The maximum absolute atomic E-state index is 9.83. The monoisotopic (exact) mass is 225 g/mol. The lowest BCUT2D eigenvalue weighted by Crippen LogP contribution is -1.90. The lowest BCUT2D eigenvalue weighted by molar-refractivity contribution is 0.477. The second kappa shape index (κ2) is 3.59. The van der Waals surface area contributed by atoms with Crippen molar-refractivity contribution in [1.29, 1.82) is 0 Å². The van der Waals surface area contributed by atoms with Gasteiger partial charge < -0.3 is 5.11 Å². The van der Waals surface area contributed by atoms with Gasteiger partial charge >= 0.3 is 0 Å². The number of hydrogen-bond acceptors (Lipinski definition) is 3. The molecule has 0 bridgehead atoms. The molecule has 0 unspecified atom stereocenters. The molecule has 0 fully saturated rings. The number of aromatic nitrogens is 3. The van der Waals surface area contributed by atoms with Gasteiger partial charge in [0.15, 0.2) is 11.5 Å². The Kier molecular flexibility index (Phi) is 2.08. The number of fused-ring (bicyclic) bond motifs is 1. The summed E-state index contributed by atoms with van der Waals surface area (Å²) in [5, 5.41) is 18.0. The molecule has 0 spiro atoms. The van der Waals surface area contributed by atoms with Gasteiger partial charge in [-0.15, -0.1) is 10.2 Å². The summed E-state index contributed by atoms with van der Waals surface area (Å²) in [6, 6.07) is 11.0. The van der Waals surface area contributed by atoms with Crippen molar-refractivity contribution in [2.45, 2.75) is 6.92 Å². The molecule has 0 saturated heterocycles. The number of aryl methyl sites for hydroxylation is 1. The van der Waals surface area contributed by atoms with Crippen LogP contribution in [0.15, 0.2) is 42.6 Å². The van der Waals surface area contributed by atoms with Crippen molar-refractivity contribution in [1.82, 2.24) is 14.6 Å². The molecular formula is C13H11N3O. The first kappa shape index (κ1) is 9.84. The van der Waals surface area contributed by atoms with Crippen LogP contribution in [0.1, 0.15) is 5.56 Å². The first-order valence-electron chi connectivity index (χ1n) is 5.35. The van der Waals surface area contributed by atoms with Crippen molar-refractivity contribution in [3.05, 3.63) is 48.2 Å². The van der Waals surface area contributed by atoms with Crippen LogP contribution in [0, 0.1) is 6.92 Å². The molecule has 4 heteroatoms. The van der Waals surface area contributed by atoms with Crippen LogP contribution >= 0.6 is 0 Å². The summed E-state index contributed by atoms with van der Waals surface area (Å²) in [5.74, 6) is 0.866. The first-order chi connectivity index (χ1) is 8.25. The van der Waals surface area contributed by atoms with Gasteiger partial charge in [0.05, 0.1) is 5.56 Å². The molecule has 3 rings (SSSR count). The third kappa shape index (κ3) is 1.54. The summed E-state index contributed by atoms with van der Waals surface area (Å²) >= 11 is 0. The molecule has 0 aliphatic rings. The lowest BCUT2D eigenvalue weighted by atomic mass is 10.2. The van der Waals surface area contributed by atoms with E-state index in [-0.39, 0.29) is 5.75 Å². The van der Waals surface area contributed by atoms with Gasteiger partial charge in [-0.05, 0) is 30.7 Å². The molecule has 17 heavy (non-hydrogen) atoms. The van der Waals surface area contributed by atoms with Gasteiger partial charge in [-0.3, -0.25) is 4.40 Å². The number of hydrogen-bond donors (Lipinski definition) is 1. The SMILES string of the molecule is Cc1ccc2nnc(-c3ccccc3O)n2c1. The minimum Gasteiger partial charge on any atom is -0.507 e. The molecule has 0 amide bonds. The van der Waals surface area contributed by atoms with E-state index < -0.39 is 0 Å². The average molecular weight is 225 g/mol. The number of para-hydroxylation sites is 1. The zero-order chi connectivity index (χ0) is 11.8. The Hall–Kier alpha value is -2.36. The number of pyridine rings is 1. The van der Waals surface area contributed by atoms with Gasteiger partial charge in [0.1, 0.15) is 5.75 Å². The van der Waals surface area contributed by atoms with Crippen LogP contribution in [0.25, 0.3) is 17.0 Å². The number of aromatic hydroxyl groups is 1. The fourth-order valence-electron chi connectivity index (χ4n) is 1.84. The van der Waals surface area contributed by atoms with E-state index in [1.165, 1.54) is 0 Å². The minimum absolute atomic E-state index is 0.211. The molecular weight excluding hydrogens is 214 g/mol. The highest BCUT2D eigenvalue weighted by atomic mass is 16.3. The molecule has 0 aliphatic heterocycles. The Bertz CT molecular complexity index is 688. The predicted molar refractivity (Wildman–Crippen MR) is 64.8 cm³/mol. The Morgan fingerprint density at radius 3 is 2.71 bits per heavy atom. The molecule has 0 radical (unpaired) electrons. The molecule has 0 atom stereocenters. The van der Waals surface area contributed by atoms with Crippen LogP contribution < -0.4 is 0 Å². The summed E-state index contributed by atoms with van der Waals surface area (Å²) < 4.78 is 1.88. The van der Waals surface area contributed by atoms with Crippen molar-refractivity contribution in [2.75, 3.05) is 0 Å². The van der Waals surface area contributed by atoms with E-state index >= 15 is 0 Å². The Balaban J connectivity index is 2.31. The summed E-state index contributed by atoms with van der Waals surface area (Å²) in [4.78, 5) is 0. The van der Waals surface area contributed by atoms with Gasteiger partial charge in [0, 0.05) is 6.20 Å². The van der Waals surface area contributed by atoms with Crippen molar-refractivity contribution >= 4 is 5.65 Å². The number of nitrogens with zero attached hydrogens (tertiary/aromatic N) is 3. The topological polar surface area (TPSA) is 50.4 Å². The molecule has 0 aliphatic carbocycles. The Labute approximate surface area is 98.2 Å². The van der Waals surface area contributed by atoms with Crippen LogP contribution in [0.3, 0.4) is 0 Å². The third-order valence-corrected chi connectivity index (χ3v) is 2.70. The molecule has 84 valence electrons. The quantitative estimate of drug-likeness (QED) is 0.691. The number of rotatable bonds is 1. The van der Waals surface area contributed by atoms with Gasteiger partial charge in [0.25, 0.3) is 0 Å². The van der Waals surface area contributed by atoms with Gasteiger partial charge in [-0.1, -0.05) is 18.2 Å². The second-order valence-corrected chi connectivity index (χ2v) is 3.98. The molecule has 3 aromatic rings. The minimum atomic E-state index is 0.211. The summed E-state index contributed by atoms with van der Waals surface area (Å²) in [5.41, 5.74) is 2.58. The average Bonchev–Trinajstić information content (AvgIpc) is 2.72. The number of benzene rings is 1. The summed E-state index contributed by atoms with van der Waals surface area (Å²) in [6.07, 6.45) is 1.96. The van der Waals surface area contributed by atoms with E-state index in [9.17, 15) is 5.11 Å². The van der Waals surface area contributed by atoms with E-state index in [2.05, 4.69) is 10.2 Å². The zero-order valence-electron chi connectivity index (χ0n) is 9.33. The maximum atomic E-state index is 9.83. The lowest BCUT2D eigenvalue weighted by Gasteiger charge is -2.02. The van der Waals surface area contributed by atoms with E-state index in [0.717, 1.165) is 11.2 Å². The second-order valence-electron chi connectivity index (χ2n) is 3.98. The van der Waals surface area contributed by atoms with Gasteiger partial charge in [-0.25, -0.2) is 0 Å². The van der Waals surface area contributed by atoms with Crippen LogP contribution in [-0.4, -0.2) is 19.7 Å². The highest BCUT2D eigenvalue weighted by molar-refractivity contribution is 5.66. The predicted octanol–water partition coefficient (Wildman–Crippen LogP) is 2.41. The molecule has 0 saturated carbocycles. The Morgan fingerprint density at radius 2 is 1.88 bits per heavy atom. The zero-order valence-corrected chi connectivity index (χ0v) is 9.33. The van der Waals surface area contributed by atoms with E-state index in [1.54, 1.807) is 12.1 Å². The molecule has 1 aromatic carbocycles. The maximum Gasteiger partial charge on any atom is 0.172 e. The van der Waals surface area contributed by atoms with Crippen molar-refractivity contribution in [3.8, 4) is 17.1 Å². The highest BCUT2D eigenvalue weighted by Gasteiger charge is 2.10. The van der Waals surface area contributed by atoms with Crippen molar-refractivity contribution in [3.63, 3.8) is 0 Å². The molecule has 2 heterocycles. The highest BCUT2D eigenvalue weighted by Crippen LogP contribution is 2.27. The number of phenols is 1. The van der Waals surface area contributed by atoms with E-state index in [1.807, 2.05) is 41.8 Å². The van der Waals surface area contributed by atoms with Crippen LogP contribution in [0.2, 0.25) is 0 Å². The standard InChI is InChI=1S/C13H11N3O/c1-9-6-7-12-14-15-13(16(12)8-9)10-4-2-3-5-11(10)17/h2-8,17H,1H3. The van der Waals surface area contributed by atoms with Gasteiger partial charge in [-0.2, -0.15) is 0 Å². The van der Waals surface area contributed by atoms with E-state index in [4.69, 9.17) is 0 Å². The van der Waals surface area contributed by atoms with E-state index in [0.29, 0.717) is 11.4 Å². The molecule has 4 nitrogen and oxygen atoms in total. The van der Waals surface area contributed by atoms with Crippen LogP contribution in [0.5, 0.6) is 5.75 Å². The normalized spacial score (nSPS) is 10.9. The number of phenolic OH excluding ortho intramolecular Hbond substituents is 1. The first-order valence-corrected chi connectivity index (χ1v) is 5.35. The smallest absolute Gasteiger partial charge is 0.172 e.